The average molecular weight is 412 g/mol. The molecule has 0 aromatic heterocycles. The van der Waals surface area contributed by atoms with Crippen molar-refractivity contribution in [3.05, 3.63) is 63.7 Å². The van der Waals surface area contributed by atoms with Gasteiger partial charge in [-0.15, -0.1) is 0 Å². The molecule has 0 saturated carbocycles. The summed E-state index contributed by atoms with van der Waals surface area (Å²) >= 11 is 0. The quantitative estimate of drug-likeness (QED) is 0.422. The molecular formula is C21H20N2O7. The van der Waals surface area contributed by atoms with Gasteiger partial charge in [0, 0.05) is 24.7 Å². The molecule has 2 heterocycles. The van der Waals surface area contributed by atoms with E-state index >= 15 is 0 Å². The molecule has 0 aliphatic carbocycles. The second kappa shape index (κ2) is 8.40. The second-order valence-corrected chi connectivity index (χ2v) is 7.00. The molecule has 2 aliphatic rings. The second-order valence-electron chi connectivity index (χ2n) is 7.00. The number of hydrogen-bond donors (Lipinski definition) is 0. The van der Waals surface area contributed by atoms with E-state index in [4.69, 9.17) is 14.2 Å². The molecule has 1 saturated heterocycles. The van der Waals surface area contributed by atoms with Crippen LogP contribution >= 0.6 is 0 Å². The van der Waals surface area contributed by atoms with Crippen LogP contribution in [0.25, 0.3) is 0 Å². The van der Waals surface area contributed by atoms with Crippen LogP contribution in [0.3, 0.4) is 0 Å². The Morgan fingerprint density at radius 3 is 2.30 bits per heavy atom. The Kier molecular flexibility index (Phi) is 5.51. The van der Waals surface area contributed by atoms with E-state index in [1.807, 2.05) is 0 Å². The van der Waals surface area contributed by atoms with Gasteiger partial charge in [0.15, 0.2) is 11.5 Å². The minimum atomic E-state index is -1.19. The highest BCUT2D eigenvalue weighted by Crippen LogP contribution is 2.37. The first-order valence-electron chi connectivity index (χ1n) is 9.67. The van der Waals surface area contributed by atoms with Crippen molar-refractivity contribution in [2.75, 3.05) is 26.3 Å². The molecule has 1 atom stereocenters. The lowest BCUT2D eigenvalue weighted by Crippen LogP contribution is -2.35. The number of nitro groups is 1. The zero-order valence-corrected chi connectivity index (χ0v) is 16.1. The van der Waals surface area contributed by atoms with Crippen LogP contribution in [0.2, 0.25) is 0 Å². The lowest BCUT2D eigenvalue weighted by Gasteiger charge is -2.24. The van der Waals surface area contributed by atoms with Crippen molar-refractivity contribution >= 4 is 17.6 Å². The van der Waals surface area contributed by atoms with Crippen molar-refractivity contribution in [3.8, 4) is 11.5 Å². The molecule has 4 rings (SSSR count). The maximum atomic E-state index is 13.0. The van der Waals surface area contributed by atoms with Crippen LogP contribution in [-0.4, -0.2) is 48.0 Å². The molecule has 156 valence electrons. The molecule has 1 fully saturated rings. The van der Waals surface area contributed by atoms with E-state index in [0.29, 0.717) is 18.7 Å². The Balaban J connectivity index is 1.67. The zero-order valence-electron chi connectivity index (χ0n) is 16.1. The maximum absolute atomic E-state index is 13.0. The summed E-state index contributed by atoms with van der Waals surface area (Å²) < 4.78 is 16.3. The number of carbonyl (C=O) groups is 2. The summed E-state index contributed by atoms with van der Waals surface area (Å²) in [5, 5.41) is 11.5. The summed E-state index contributed by atoms with van der Waals surface area (Å²) in [5.74, 6) is -0.898. The zero-order chi connectivity index (χ0) is 21.1. The van der Waals surface area contributed by atoms with Crippen LogP contribution in [0, 0.1) is 10.1 Å². The molecule has 9 nitrogen and oxygen atoms in total. The van der Waals surface area contributed by atoms with Gasteiger partial charge in [-0.1, -0.05) is 30.3 Å². The SMILES string of the molecule is O=C(O[C@@H](C(=O)N1CCCC1)c1ccccc1)c1cc2c(cc1[N+](=O)[O-])OCCO2. The fourth-order valence-corrected chi connectivity index (χ4v) is 3.56. The van der Waals surface area contributed by atoms with Gasteiger partial charge in [-0.2, -0.15) is 0 Å². The number of likely N-dealkylation sites (tertiary alicyclic amines) is 1. The third kappa shape index (κ3) is 3.91. The van der Waals surface area contributed by atoms with Crippen molar-refractivity contribution in [2.24, 2.45) is 0 Å². The number of benzene rings is 2. The fraction of sp³-hybridized carbons (Fsp3) is 0.333. The average Bonchev–Trinajstić information content (AvgIpc) is 3.31. The van der Waals surface area contributed by atoms with Crippen LogP contribution in [-0.2, 0) is 9.53 Å². The number of nitro benzene ring substituents is 1. The van der Waals surface area contributed by atoms with E-state index in [1.54, 1.807) is 35.2 Å². The Bertz CT molecular complexity index is 971. The van der Waals surface area contributed by atoms with Gasteiger partial charge in [-0.3, -0.25) is 14.9 Å². The van der Waals surface area contributed by atoms with Gasteiger partial charge in [0.1, 0.15) is 18.8 Å². The summed E-state index contributed by atoms with van der Waals surface area (Å²) in [6, 6.07) is 11.0. The molecule has 9 heteroatoms. The van der Waals surface area contributed by atoms with Crippen LogP contribution in [0.1, 0.15) is 34.9 Å². The normalized spacial score (nSPS) is 16.1. The largest absolute Gasteiger partial charge is 0.486 e. The lowest BCUT2D eigenvalue weighted by molar-refractivity contribution is -0.385. The molecule has 0 radical (unpaired) electrons. The van der Waals surface area contributed by atoms with E-state index in [1.165, 1.54) is 6.07 Å². The summed E-state index contributed by atoms with van der Waals surface area (Å²) in [4.78, 5) is 38.5. The third-order valence-electron chi connectivity index (χ3n) is 5.05. The van der Waals surface area contributed by atoms with Gasteiger partial charge in [0.05, 0.1) is 11.0 Å². The monoisotopic (exact) mass is 412 g/mol. The smallest absolute Gasteiger partial charge is 0.346 e. The number of fused-ring (bicyclic) bond motifs is 1. The van der Waals surface area contributed by atoms with E-state index in [9.17, 15) is 19.7 Å². The van der Waals surface area contributed by atoms with E-state index in [-0.39, 0.29) is 36.2 Å². The van der Waals surface area contributed by atoms with Crippen LogP contribution in [0.15, 0.2) is 42.5 Å². The number of ether oxygens (including phenoxy) is 3. The molecule has 0 unspecified atom stereocenters. The Morgan fingerprint density at radius 2 is 1.67 bits per heavy atom. The summed E-state index contributed by atoms with van der Waals surface area (Å²) in [6.45, 7) is 1.70. The van der Waals surface area contributed by atoms with E-state index < -0.39 is 22.7 Å². The first kappa shape index (κ1) is 19.7. The molecule has 0 spiro atoms. The predicted molar refractivity (Wildman–Crippen MR) is 104 cm³/mol. The molecule has 2 aliphatic heterocycles. The highest BCUT2D eigenvalue weighted by Gasteiger charge is 2.34. The minimum absolute atomic E-state index is 0.192. The summed E-state index contributed by atoms with van der Waals surface area (Å²) in [6.07, 6.45) is 0.577. The van der Waals surface area contributed by atoms with E-state index in [0.717, 1.165) is 18.9 Å². The van der Waals surface area contributed by atoms with Gasteiger partial charge in [0.2, 0.25) is 6.10 Å². The number of hydrogen-bond acceptors (Lipinski definition) is 7. The maximum Gasteiger partial charge on any atom is 0.346 e. The first-order valence-corrected chi connectivity index (χ1v) is 9.67. The highest BCUT2D eigenvalue weighted by molar-refractivity contribution is 5.97. The van der Waals surface area contributed by atoms with Crippen LogP contribution in [0.5, 0.6) is 11.5 Å². The molecule has 2 aromatic rings. The molecule has 0 bridgehead atoms. The lowest BCUT2D eigenvalue weighted by atomic mass is 10.1. The minimum Gasteiger partial charge on any atom is -0.486 e. The van der Waals surface area contributed by atoms with Crippen molar-refractivity contribution in [1.29, 1.82) is 0 Å². The van der Waals surface area contributed by atoms with E-state index in [2.05, 4.69) is 0 Å². The number of rotatable bonds is 5. The van der Waals surface area contributed by atoms with Crippen molar-refractivity contribution in [3.63, 3.8) is 0 Å². The number of nitrogens with zero attached hydrogens (tertiary/aromatic N) is 2. The van der Waals surface area contributed by atoms with Gasteiger partial charge in [-0.25, -0.2) is 4.79 Å². The summed E-state index contributed by atoms with van der Waals surface area (Å²) in [5.41, 5.74) is -0.257. The number of esters is 1. The van der Waals surface area contributed by atoms with Crippen molar-refractivity contribution in [1.82, 2.24) is 4.90 Å². The molecule has 0 N–H and O–H groups in total. The highest BCUT2D eigenvalue weighted by atomic mass is 16.6. The Morgan fingerprint density at radius 1 is 1.03 bits per heavy atom. The number of carbonyl (C=O) groups excluding carboxylic acids is 2. The molecular weight excluding hydrogens is 392 g/mol. The van der Waals surface area contributed by atoms with Gasteiger partial charge < -0.3 is 19.1 Å². The van der Waals surface area contributed by atoms with Crippen LogP contribution in [0.4, 0.5) is 5.69 Å². The van der Waals surface area contributed by atoms with Gasteiger partial charge in [-0.05, 0) is 12.8 Å². The molecule has 2 aromatic carbocycles. The number of amides is 1. The fourth-order valence-electron chi connectivity index (χ4n) is 3.56. The van der Waals surface area contributed by atoms with Crippen LogP contribution < -0.4 is 9.47 Å². The Hall–Kier alpha value is -3.62. The van der Waals surface area contributed by atoms with Gasteiger partial charge >= 0.3 is 5.97 Å². The summed E-state index contributed by atoms with van der Waals surface area (Å²) in [7, 11) is 0. The molecule has 30 heavy (non-hydrogen) atoms. The Labute approximate surface area is 172 Å². The topological polar surface area (TPSA) is 108 Å². The predicted octanol–water partition coefficient (Wildman–Crippen LogP) is 2.89. The van der Waals surface area contributed by atoms with Crippen molar-refractivity contribution in [2.45, 2.75) is 18.9 Å². The van der Waals surface area contributed by atoms with Gasteiger partial charge in [0.25, 0.3) is 11.6 Å². The first-order chi connectivity index (χ1) is 14.5. The van der Waals surface area contributed by atoms with Crippen molar-refractivity contribution < 1.29 is 28.7 Å². The third-order valence-corrected chi connectivity index (χ3v) is 5.05. The standard InChI is InChI=1S/C21H20N2O7/c24-20(22-8-4-5-9-22)19(14-6-2-1-3-7-14)30-21(25)15-12-17-18(29-11-10-28-17)13-16(15)23(26)27/h1-3,6-7,12-13,19H,4-5,8-11H2/t19-/m1/s1. The molecule has 1 amide bonds.